The number of aromatic nitrogens is 2. The zero-order valence-corrected chi connectivity index (χ0v) is 8.74. The van der Waals surface area contributed by atoms with Crippen molar-refractivity contribution in [3.63, 3.8) is 0 Å². The molecule has 0 aromatic carbocycles. The van der Waals surface area contributed by atoms with Gasteiger partial charge in [-0.1, -0.05) is 19.3 Å². The summed E-state index contributed by atoms with van der Waals surface area (Å²) in [5, 5.41) is 12.4. The molecular weight excluding hydrogens is 188 g/mol. The first-order chi connectivity index (χ1) is 7.40. The minimum absolute atomic E-state index is 0.240. The van der Waals surface area contributed by atoms with E-state index in [9.17, 15) is 0 Å². The lowest BCUT2D eigenvalue weighted by Gasteiger charge is -2.24. The second-order valence-electron chi connectivity index (χ2n) is 4.07. The van der Waals surface area contributed by atoms with Crippen LogP contribution >= 0.6 is 0 Å². The molecule has 15 heavy (non-hydrogen) atoms. The first-order valence-electron chi connectivity index (χ1n) is 5.54. The molecule has 1 fully saturated rings. The minimum Gasteiger partial charge on any atom is -0.346 e. The predicted molar refractivity (Wildman–Crippen MR) is 57.0 cm³/mol. The van der Waals surface area contributed by atoms with Crippen LogP contribution in [0.25, 0.3) is 0 Å². The summed E-state index contributed by atoms with van der Waals surface area (Å²) in [7, 11) is 0. The average Bonchev–Trinajstić information content (AvgIpc) is 2.81. The molecule has 0 aliphatic heterocycles. The first kappa shape index (κ1) is 10.2. The third kappa shape index (κ3) is 2.57. The maximum absolute atomic E-state index is 9.07. The number of rotatable bonds is 3. The van der Waals surface area contributed by atoms with Crippen molar-refractivity contribution in [3.8, 4) is 6.07 Å². The van der Waals surface area contributed by atoms with Gasteiger partial charge in [-0.25, -0.2) is 4.98 Å². The van der Waals surface area contributed by atoms with Crippen LogP contribution < -0.4 is 5.32 Å². The highest BCUT2D eigenvalue weighted by atomic mass is 15.0. The van der Waals surface area contributed by atoms with Crippen LogP contribution in [0.4, 0.5) is 0 Å². The van der Waals surface area contributed by atoms with E-state index in [2.05, 4.69) is 21.4 Å². The van der Waals surface area contributed by atoms with E-state index in [0.717, 1.165) is 5.69 Å². The largest absolute Gasteiger partial charge is 0.346 e. The SMILES string of the molecule is N#CC(NC1CCCCC1)c1cnc[nH]1. The fourth-order valence-electron chi connectivity index (χ4n) is 2.13. The molecule has 0 amide bonds. The fourth-order valence-corrected chi connectivity index (χ4v) is 2.13. The summed E-state index contributed by atoms with van der Waals surface area (Å²) >= 11 is 0. The van der Waals surface area contributed by atoms with Gasteiger partial charge in [0.1, 0.15) is 6.04 Å². The Hall–Kier alpha value is -1.34. The molecule has 0 saturated heterocycles. The van der Waals surface area contributed by atoms with Gasteiger partial charge >= 0.3 is 0 Å². The smallest absolute Gasteiger partial charge is 0.138 e. The third-order valence-electron chi connectivity index (χ3n) is 2.97. The molecule has 1 heterocycles. The topological polar surface area (TPSA) is 64.5 Å². The van der Waals surface area contributed by atoms with Crippen molar-refractivity contribution < 1.29 is 0 Å². The Morgan fingerprint density at radius 3 is 2.87 bits per heavy atom. The Balaban J connectivity index is 1.94. The molecule has 2 rings (SSSR count). The van der Waals surface area contributed by atoms with E-state index in [1.165, 1.54) is 32.1 Å². The van der Waals surface area contributed by atoms with Crippen molar-refractivity contribution in [2.45, 2.75) is 44.2 Å². The molecule has 1 atom stereocenters. The van der Waals surface area contributed by atoms with E-state index >= 15 is 0 Å². The van der Waals surface area contributed by atoms with Crippen molar-refractivity contribution in [2.24, 2.45) is 0 Å². The van der Waals surface area contributed by atoms with Crippen LogP contribution in [-0.4, -0.2) is 16.0 Å². The van der Waals surface area contributed by atoms with E-state index in [1.54, 1.807) is 12.5 Å². The normalized spacial score (nSPS) is 19.7. The van der Waals surface area contributed by atoms with Gasteiger partial charge in [0.15, 0.2) is 0 Å². The van der Waals surface area contributed by atoms with Crippen LogP contribution in [0.2, 0.25) is 0 Å². The predicted octanol–water partition coefficient (Wildman–Crippen LogP) is 1.90. The molecule has 2 N–H and O–H groups in total. The Morgan fingerprint density at radius 2 is 2.27 bits per heavy atom. The lowest BCUT2D eigenvalue weighted by Crippen LogP contribution is -2.33. The summed E-state index contributed by atoms with van der Waals surface area (Å²) in [5.74, 6) is 0. The van der Waals surface area contributed by atoms with E-state index in [-0.39, 0.29) is 6.04 Å². The van der Waals surface area contributed by atoms with Crippen LogP contribution in [0.1, 0.15) is 43.8 Å². The molecule has 1 aliphatic rings. The number of nitriles is 1. The van der Waals surface area contributed by atoms with Gasteiger partial charge in [-0.15, -0.1) is 0 Å². The third-order valence-corrected chi connectivity index (χ3v) is 2.97. The molecular formula is C11H16N4. The zero-order chi connectivity index (χ0) is 10.5. The van der Waals surface area contributed by atoms with Gasteiger partial charge in [0, 0.05) is 6.04 Å². The van der Waals surface area contributed by atoms with E-state index < -0.39 is 0 Å². The Kier molecular flexibility index (Phi) is 3.36. The molecule has 0 radical (unpaired) electrons. The van der Waals surface area contributed by atoms with Gasteiger partial charge in [0.05, 0.1) is 24.3 Å². The molecule has 0 bridgehead atoms. The first-order valence-corrected chi connectivity index (χ1v) is 5.54. The molecule has 1 unspecified atom stereocenters. The summed E-state index contributed by atoms with van der Waals surface area (Å²) in [5.41, 5.74) is 0.864. The Labute approximate surface area is 89.7 Å². The molecule has 1 aromatic heterocycles. The zero-order valence-electron chi connectivity index (χ0n) is 8.74. The Morgan fingerprint density at radius 1 is 1.47 bits per heavy atom. The van der Waals surface area contributed by atoms with E-state index in [4.69, 9.17) is 5.26 Å². The summed E-state index contributed by atoms with van der Waals surface area (Å²) in [4.78, 5) is 6.92. The molecule has 1 aliphatic carbocycles. The van der Waals surface area contributed by atoms with Gasteiger partial charge in [-0.2, -0.15) is 5.26 Å². The number of aromatic amines is 1. The highest BCUT2D eigenvalue weighted by Gasteiger charge is 2.19. The highest BCUT2D eigenvalue weighted by molar-refractivity contribution is 5.12. The van der Waals surface area contributed by atoms with Crippen LogP contribution in [0.15, 0.2) is 12.5 Å². The van der Waals surface area contributed by atoms with Gasteiger partial charge in [-0.05, 0) is 12.8 Å². The van der Waals surface area contributed by atoms with Gasteiger partial charge in [0.25, 0.3) is 0 Å². The lowest BCUT2D eigenvalue weighted by atomic mass is 9.95. The molecule has 80 valence electrons. The van der Waals surface area contributed by atoms with Crippen molar-refractivity contribution in [1.29, 1.82) is 5.26 Å². The number of hydrogen-bond donors (Lipinski definition) is 2. The van der Waals surface area contributed by atoms with Crippen molar-refractivity contribution in [3.05, 3.63) is 18.2 Å². The maximum atomic E-state index is 9.07. The van der Waals surface area contributed by atoms with Crippen LogP contribution in [0.5, 0.6) is 0 Å². The fraction of sp³-hybridized carbons (Fsp3) is 0.636. The summed E-state index contributed by atoms with van der Waals surface area (Å²) < 4.78 is 0. The quantitative estimate of drug-likeness (QED) is 0.790. The number of nitrogens with zero attached hydrogens (tertiary/aromatic N) is 2. The minimum atomic E-state index is -0.240. The molecule has 0 spiro atoms. The van der Waals surface area contributed by atoms with E-state index in [0.29, 0.717) is 6.04 Å². The highest BCUT2D eigenvalue weighted by Crippen LogP contribution is 2.20. The molecule has 4 heteroatoms. The average molecular weight is 204 g/mol. The molecule has 1 aromatic rings. The number of H-pyrrole nitrogens is 1. The number of imidazole rings is 1. The molecule has 4 nitrogen and oxygen atoms in total. The van der Waals surface area contributed by atoms with Crippen molar-refractivity contribution in [1.82, 2.24) is 15.3 Å². The van der Waals surface area contributed by atoms with Crippen LogP contribution in [0.3, 0.4) is 0 Å². The van der Waals surface area contributed by atoms with Crippen molar-refractivity contribution >= 4 is 0 Å². The van der Waals surface area contributed by atoms with Crippen LogP contribution in [0, 0.1) is 11.3 Å². The van der Waals surface area contributed by atoms with Gasteiger partial charge in [0.2, 0.25) is 0 Å². The Bertz CT molecular complexity index is 319. The van der Waals surface area contributed by atoms with Gasteiger partial charge in [-0.3, -0.25) is 5.32 Å². The van der Waals surface area contributed by atoms with Crippen molar-refractivity contribution in [2.75, 3.05) is 0 Å². The summed E-state index contributed by atoms with van der Waals surface area (Å²) in [6.45, 7) is 0. The maximum Gasteiger partial charge on any atom is 0.138 e. The number of nitrogens with one attached hydrogen (secondary N) is 2. The summed E-state index contributed by atoms with van der Waals surface area (Å²) in [6, 6.07) is 2.52. The standard InChI is InChI=1S/C11H16N4/c12-6-10(11-7-13-8-14-11)15-9-4-2-1-3-5-9/h7-10,15H,1-5H2,(H,13,14). The summed E-state index contributed by atoms with van der Waals surface area (Å²) in [6.07, 6.45) is 9.58. The monoisotopic (exact) mass is 204 g/mol. The second-order valence-corrected chi connectivity index (χ2v) is 4.07. The lowest BCUT2D eigenvalue weighted by molar-refractivity contribution is 0.358. The van der Waals surface area contributed by atoms with Gasteiger partial charge < -0.3 is 4.98 Å². The number of hydrogen-bond acceptors (Lipinski definition) is 3. The van der Waals surface area contributed by atoms with E-state index in [1.807, 2.05) is 0 Å². The molecule has 1 saturated carbocycles. The van der Waals surface area contributed by atoms with Crippen LogP contribution in [-0.2, 0) is 0 Å². The second kappa shape index (κ2) is 4.94.